The van der Waals surface area contributed by atoms with E-state index < -0.39 is 14.9 Å². The third-order valence-corrected chi connectivity index (χ3v) is 5.35. The molecule has 1 amide bonds. The minimum absolute atomic E-state index is 0.268. The van der Waals surface area contributed by atoms with Crippen molar-refractivity contribution in [3.05, 3.63) is 0 Å². The molecule has 7 heteroatoms. The molecule has 0 aromatic heterocycles. The fourth-order valence-electron chi connectivity index (χ4n) is 1.64. The van der Waals surface area contributed by atoms with E-state index in [0.29, 0.717) is 32.3 Å². The molecular formula is C11H25NO5Si. The number of amides is 1. The first kappa shape index (κ1) is 17.4. The van der Waals surface area contributed by atoms with Crippen LogP contribution in [0.15, 0.2) is 0 Å². The molecule has 0 aliphatic rings. The van der Waals surface area contributed by atoms with Crippen LogP contribution in [0.5, 0.6) is 0 Å². The van der Waals surface area contributed by atoms with Crippen molar-refractivity contribution in [2.45, 2.75) is 46.3 Å². The number of hydrogen-bond donors (Lipinski definition) is 1. The number of hydrogen-bond acceptors (Lipinski definition) is 5. The molecule has 0 heterocycles. The monoisotopic (exact) mass is 279 g/mol. The lowest BCUT2D eigenvalue weighted by atomic mass is 10.3. The van der Waals surface area contributed by atoms with E-state index in [-0.39, 0.29) is 6.10 Å². The molecule has 0 aliphatic carbocycles. The fraction of sp³-hybridized carbons (Fsp3) is 0.909. The zero-order valence-electron chi connectivity index (χ0n) is 11.7. The molecule has 0 fully saturated rings. The lowest BCUT2D eigenvalue weighted by Gasteiger charge is -2.29. The van der Waals surface area contributed by atoms with E-state index in [9.17, 15) is 4.79 Å². The van der Waals surface area contributed by atoms with Crippen molar-refractivity contribution in [3.8, 4) is 0 Å². The summed E-state index contributed by atoms with van der Waals surface area (Å²) < 4.78 is 21.9. The molecule has 1 atom stereocenters. The summed E-state index contributed by atoms with van der Waals surface area (Å²) >= 11 is 0. The van der Waals surface area contributed by atoms with Gasteiger partial charge in [0.05, 0.1) is 0 Å². The highest BCUT2D eigenvalue weighted by Gasteiger charge is 2.40. The van der Waals surface area contributed by atoms with E-state index in [0.717, 1.165) is 0 Å². The molecule has 1 unspecified atom stereocenters. The maximum absolute atomic E-state index is 10.6. The molecular weight excluding hydrogens is 254 g/mol. The van der Waals surface area contributed by atoms with Crippen LogP contribution in [0.4, 0.5) is 4.79 Å². The van der Waals surface area contributed by atoms with E-state index in [1.807, 2.05) is 20.8 Å². The van der Waals surface area contributed by atoms with E-state index in [1.165, 1.54) is 0 Å². The van der Waals surface area contributed by atoms with Gasteiger partial charge in [-0.2, -0.15) is 0 Å². The average molecular weight is 279 g/mol. The van der Waals surface area contributed by atoms with Gasteiger partial charge in [-0.3, -0.25) is 0 Å². The van der Waals surface area contributed by atoms with Crippen molar-refractivity contribution in [3.63, 3.8) is 0 Å². The standard InChI is InChI=1S/C11H25NO5Si/c1-5-14-18(15-6-2,16-7-3)9-8-10(4)17-11(12)13/h10H,5-9H2,1-4H3,(H2,12,13). The van der Waals surface area contributed by atoms with Gasteiger partial charge in [-0.25, -0.2) is 4.79 Å². The van der Waals surface area contributed by atoms with E-state index in [4.69, 9.17) is 23.7 Å². The zero-order chi connectivity index (χ0) is 14.0. The van der Waals surface area contributed by atoms with Gasteiger partial charge in [0.1, 0.15) is 6.10 Å². The topological polar surface area (TPSA) is 80.0 Å². The summed E-state index contributed by atoms with van der Waals surface area (Å²) in [5, 5.41) is 0. The van der Waals surface area contributed by atoms with Crippen molar-refractivity contribution in [1.82, 2.24) is 0 Å². The van der Waals surface area contributed by atoms with Crippen molar-refractivity contribution >= 4 is 14.9 Å². The van der Waals surface area contributed by atoms with E-state index in [2.05, 4.69) is 0 Å². The lowest BCUT2D eigenvalue weighted by Crippen LogP contribution is -2.46. The smallest absolute Gasteiger partial charge is 0.447 e. The molecule has 108 valence electrons. The van der Waals surface area contributed by atoms with Gasteiger partial charge in [0, 0.05) is 25.9 Å². The second-order valence-corrected chi connectivity index (χ2v) is 6.50. The van der Waals surface area contributed by atoms with Gasteiger partial charge < -0.3 is 23.7 Å². The Labute approximate surface area is 110 Å². The predicted molar refractivity (Wildman–Crippen MR) is 70.2 cm³/mol. The van der Waals surface area contributed by atoms with Crippen molar-refractivity contribution in [1.29, 1.82) is 0 Å². The number of primary amides is 1. The number of rotatable bonds is 10. The number of carbonyl (C=O) groups is 1. The van der Waals surface area contributed by atoms with E-state index in [1.54, 1.807) is 6.92 Å². The Morgan fingerprint density at radius 2 is 1.56 bits per heavy atom. The quantitative estimate of drug-likeness (QED) is 0.618. The molecule has 0 saturated heterocycles. The van der Waals surface area contributed by atoms with Crippen LogP contribution in [0, 0.1) is 0 Å². The van der Waals surface area contributed by atoms with Crippen molar-refractivity contribution < 1.29 is 22.8 Å². The van der Waals surface area contributed by atoms with Crippen LogP contribution >= 0.6 is 0 Å². The minimum atomic E-state index is -2.64. The first-order valence-corrected chi connectivity index (χ1v) is 8.30. The fourth-order valence-corrected chi connectivity index (χ4v) is 4.40. The number of nitrogens with two attached hydrogens (primary N) is 1. The van der Waals surface area contributed by atoms with Crippen LogP contribution in [0.2, 0.25) is 6.04 Å². The summed E-state index contributed by atoms with van der Waals surface area (Å²) in [5.41, 5.74) is 4.97. The summed E-state index contributed by atoms with van der Waals surface area (Å²) in [6.07, 6.45) is -0.426. The van der Waals surface area contributed by atoms with Crippen LogP contribution in [0.3, 0.4) is 0 Å². The Bertz CT molecular complexity index is 222. The number of carbonyl (C=O) groups excluding carboxylic acids is 1. The molecule has 0 bridgehead atoms. The first-order valence-electron chi connectivity index (χ1n) is 6.37. The van der Waals surface area contributed by atoms with Crippen LogP contribution in [0.1, 0.15) is 34.1 Å². The largest absolute Gasteiger partial charge is 0.501 e. The average Bonchev–Trinajstić information content (AvgIpc) is 2.27. The van der Waals surface area contributed by atoms with Crippen LogP contribution < -0.4 is 5.73 Å². The molecule has 0 spiro atoms. The highest BCUT2D eigenvalue weighted by molar-refractivity contribution is 6.60. The molecule has 2 N–H and O–H groups in total. The predicted octanol–water partition coefficient (Wildman–Crippen LogP) is 1.91. The Kier molecular flexibility index (Phi) is 8.99. The van der Waals surface area contributed by atoms with Gasteiger partial charge >= 0.3 is 14.9 Å². The summed E-state index contributed by atoms with van der Waals surface area (Å²) in [7, 11) is -2.64. The van der Waals surface area contributed by atoms with E-state index >= 15 is 0 Å². The maximum Gasteiger partial charge on any atom is 0.501 e. The second kappa shape index (κ2) is 9.32. The number of ether oxygens (including phenoxy) is 1. The summed E-state index contributed by atoms with van der Waals surface area (Å²) in [6, 6.07) is 0.608. The molecule has 0 aromatic carbocycles. The SMILES string of the molecule is CCO[Si](CCC(C)OC(N)=O)(OCC)OCC. The van der Waals surface area contributed by atoms with Gasteiger partial charge in [0.15, 0.2) is 0 Å². The van der Waals surface area contributed by atoms with Crippen LogP contribution in [-0.2, 0) is 18.0 Å². The molecule has 0 aliphatic heterocycles. The molecule has 0 aromatic rings. The molecule has 0 rings (SSSR count). The van der Waals surface area contributed by atoms with Crippen LogP contribution in [0.25, 0.3) is 0 Å². The highest BCUT2D eigenvalue weighted by atomic mass is 28.4. The van der Waals surface area contributed by atoms with Gasteiger partial charge in [-0.05, 0) is 34.1 Å². The Balaban J connectivity index is 4.40. The van der Waals surface area contributed by atoms with Crippen LogP contribution in [-0.4, -0.2) is 40.8 Å². The third-order valence-electron chi connectivity index (χ3n) is 2.27. The molecule has 18 heavy (non-hydrogen) atoms. The molecule has 0 radical (unpaired) electrons. The molecule has 0 saturated carbocycles. The van der Waals surface area contributed by atoms with Gasteiger partial charge in [0.2, 0.25) is 0 Å². The first-order chi connectivity index (χ1) is 8.49. The summed E-state index contributed by atoms with van der Waals surface area (Å²) in [6.45, 7) is 9.12. The molecule has 6 nitrogen and oxygen atoms in total. The normalized spacial score (nSPS) is 13.3. The van der Waals surface area contributed by atoms with Crippen molar-refractivity contribution in [2.24, 2.45) is 5.73 Å². The van der Waals surface area contributed by atoms with Gasteiger partial charge in [-0.1, -0.05) is 0 Å². The van der Waals surface area contributed by atoms with Gasteiger partial charge in [0.25, 0.3) is 0 Å². The van der Waals surface area contributed by atoms with Crippen molar-refractivity contribution in [2.75, 3.05) is 19.8 Å². The maximum atomic E-state index is 10.6. The summed E-state index contributed by atoms with van der Waals surface area (Å²) in [5.74, 6) is 0. The highest BCUT2D eigenvalue weighted by Crippen LogP contribution is 2.20. The Morgan fingerprint density at radius 3 is 1.89 bits per heavy atom. The Morgan fingerprint density at radius 1 is 1.11 bits per heavy atom. The summed E-state index contributed by atoms with van der Waals surface area (Å²) in [4.78, 5) is 10.6. The third kappa shape index (κ3) is 6.95. The lowest BCUT2D eigenvalue weighted by molar-refractivity contribution is 0.0632. The Hall–Kier alpha value is -0.633. The second-order valence-electron chi connectivity index (χ2n) is 3.77. The minimum Gasteiger partial charge on any atom is -0.447 e. The zero-order valence-corrected chi connectivity index (χ0v) is 12.7. The van der Waals surface area contributed by atoms with Gasteiger partial charge in [-0.15, -0.1) is 0 Å².